The lowest BCUT2D eigenvalue weighted by Gasteiger charge is -2.22. The third-order valence-electron chi connectivity index (χ3n) is 6.72. The van der Waals surface area contributed by atoms with Crippen molar-refractivity contribution in [2.45, 2.75) is 0 Å². The lowest BCUT2D eigenvalue weighted by atomic mass is 9.83. The van der Waals surface area contributed by atoms with E-state index in [1.807, 2.05) is 0 Å². The Balaban J connectivity index is 1.98. The van der Waals surface area contributed by atoms with E-state index in [1.54, 1.807) is 14.2 Å². The second-order valence-corrected chi connectivity index (χ2v) is 8.01. The molecule has 0 radical (unpaired) electrons. The molecule has 0 bridgehead atoms. The van der Waals surface area contributed by atoms with E-state index in [2.05, 4.69) is 72.8 Å². The Kier molecular flexibility index (Phi) is 2.91. The number of hydrogen-bond acceptors (Lipinski definition) is 2. The first-order valence-corrected chi connectivity index (χ1v) is 10.2. The van der Waals surface area contributed by atoms with Gasteiger partial charge in [0.15, 0.2) is 11.5 Å². The number of rotatable bonds is 2. The molecular formula is C28H18O2. The predicted molar refractivity (Wildman–Crippen MR) is 127 cm³/mol. The van der Waals surface area contributed by atoms with Gasteiger partial charge in [-0.15, -0.1) is 0 Å². The standard InChI is InChI=1S/C28H18O2/c1-29-22-14-16-11-13-20-18-8-4-3-7-17(18)19-12-10-15-6-5-9-21-23(15)25(19)26(20)24(16)27(21)28(22)30-2/h3-14H,1-2H3. The lowest BCUT2D eigenvalue weighted by molar-refractivity contribution is 0.359. The maximum Gasteiger partial charge on any atom is 0.169 e. The Bertz CT molecular complexity index is 1760. The fourth-order valence-corrected chi connectivity index (χ4v) is 5.57. The van der Waals surface area contributed by atoms with Crippen LogP contribution >= 0.6 is 0 Å². The Morgan fingerprint density at radius 2 is 1.13 bits per heavy atom. The normalized spacial score (nSPS) is 12.3. The molecular weight excluding hydrogens is 368 g/mol. The molecule has 0 atom stereocenters. The van der Waals surface area contributed by atoms with Crippen molar-refractivity contribution in [1.82, 2.24) is 0 Å². The van der Waals surface area contributed by atoms with Crippen LogP contribution in [0.15, 0.2) is 72.8 Å². The van der Waals surface area contributed by atoms with Gasteiger partial charge in [-0.05, 0) is 59.9 Å². The third-order valence-corrected chi connectivity index (χ3v) is 6.72. The topological polar surface area (TPSA) is 18.5 Å². The molecule has 2 nitrogen and oxygen atoms in total. The van der Waals surface area contributed by atoms with Gasteiger partial charge in [-0.3, -0.25) is 0 Å². The zero-order valence-corrected chi connectivity index (χ0v) is 16.7. The highest BCUT2D eigenvalue weighted by Gasteiger charge is 2.23. The summed E-state index contributed by atoms with van der Waals surface area (Å²) in [5, 5.41) is 15.2. The van der Waals surface area contributed by atoms with Crippen LogP contribution in [0, 0.1) is 0 Å². The fourth-order valence-electron chi connectivity index (χ4n) is 5.57. The molecule has 7 aromatic carbocycles. The lowest BCUT2D eigenvalue weighted by Crippen LogP contribution is -1.96. The van der Waals surface area contributed by atoms with Crippen molar-refractivity contribution in [2.75, 3.05) is 14.2 Å². The zero-order valence-electron chi connectivity index (χ0n) is 16.7. The van der Waals surface area contributed by atoms with Gasteiger partial charge in [0, 0.05) is 10.8 Å². The van der Waals surface area contributed by atoms with Crippen molar-refractivity contribution in [3.63, 3.8) is 0 Å². The van der Waals surface area contributed by atoms with Gasteiger partial charge in [0.05, 0.1) is 14.2 Å². The van der Waals surface area contributed by atoms with Gasteiger partial charge >= 0.3 is 0 Å². The average molecular weight is 386 g/mol. The summed E-state index contributed by atoms with van der Waals surface area (Å²) in [4.78, 5) is 0. The molecule has 0 aliphatic rings. The van der Waals surface area contributed by atoms with Gasteiger partial charge < -0.3 is 9.47 Å². The third kappa shape index (κ3) is 1.72. The van der Waals surface area contributed by atoms with E-state index < -0.39 is 0 Å². The van der Waals surface area contributed by atoms with Crippen LogP contribution in [0.3, 0.4) is 0 Å². The Morgan fingerprint density at radius 3 is 1.83 bits per heavy atom. The highest BCUT2D eigenvalue weighted by molar-refractivity contribution is 6.45. The Labute approximate surface area is 172 Å². The van der Waals surface area contributed by atoms with E-state index in [1.165, 1.54) is 59.2 Å². The summed E-state index contributed by atoms with van der Waals surface area (Å²) in [5.74, 6) is 1.58. The largest absolute Gasteiger partial charge is 0.493 e. The number of ether oxygens (including phenoxy) is 2. The van der Waals surface area contributed by atoms with E-state index in [4.69, 9.17) is 9.47 Å². The highest BCUT2D eigenvalue weighted by Crippen LogP contribution is 2.51. The van der Waals surface area contributed by atoms with Crippen LogP contribution < -0.4 is 9.47 Å². The van der Waals surface area contributed by atoms with Crippen molar-refractivity contribution in [2.24, 2.45) is 0 Å². The summed E-state index contributed by atoms with van der Waals surface area (Å²) in [6.07, 6.45) is 0. The van der Waals surface area contributed by atoms with Gasteiger partial charge in [0.1, 0.15) is 0 Å². The molecule has 7 aromatic rings. The molecule has 0 heterocycles. The van der Waals surface area contributed by atoms with Crippen LogP contribution in [0.25, 0.3) is 64.6 Å². The minimum absolute atomic E-state index is 0.771. The van der Waals surface area contributed by atoms with Crippen LogP contribution in [0.5, 0.6) is 11.5 Å². The van der Waals surface area contributed by atoms with Gasteiger partial charge in [-0.25, -0.2) is 0 Å². The van der Waals surface area contributed by atoms with Crippen molar-refractivity contribution >= 4 is 64.6 Å². The van der Waals surface area contributed by atoms with Gasteiger partial charge in [-0.2, -0.15) is 0 Å². The van der Waals surface area contributed by atoms with E-state index in [9.17, 15) is 0 Å². The Morgan fingerprint density at radius 1 is 0.467 bits per heavy atom. The molecule has 0 N–H and O–H groups in total. The number of benzene rings is 7. The predicted octanol–water partition coefficient (Wildman–Crippen LogP) is 7.50. The summed E-state index contributed by atoms with van der Waals surface area (Å²) in [5.41, 5.74) is 0. The van der Waals surface area contributed by atoms with Gasteiger partial charge in [-0.1, -0.05) is 66.7 Å². The smallest absolute Gasteiger partial charge is 0.169 e. The maximum atomic E-state index is 5.93. The van der Waals surface area contributed by atoms with Gasteiger partial charge in [0.2, 0.25) is 0 Å². The number of hydrogen-bond donors (Lipinski definition) is 0. The Hall–Kier alpha value is -3.78. The van der Waals surface area contributed by atoms with Gasteiger partial charge in [0.25, 0.3) is 0 Å². The molecule has 0 aliphatic heterocycles. The molecule has 0 aromatic heterocycles. The SMILES string of the molecule is COc1cc2ccc3c4ccccc4c4ccc5cccc6c(c1OC)c2c3c4c56. The van der Waals surface area contributed by atoms with Crippen molar-refractivity contribution in [1.29, 1.82) is 0 Å². The van der Waals surface area contributed by atoms with Crippen molar-refractivity contribution in [3.8, 4) is 11.5 Å². The molecule has 0 fully saturated rings. The summed E-state index contributed by atoms with van der Waals surface area (Å²) >= 11 is 0. The molecule has 0 amide bonds. The molecule has 0 unspecified atom stereocenters. The molecule has 2 heteroatoms. The quantitative estimate of drug-likeness (QED) is 0.226. The van der Waals surface area contributed by atoms with E-state index in [0.717, 1.165) is 16.9 Å². The van der Waals surface area contributed by atoms with Crippen molar-refractivity contribution < 1.29 is 9.47 Å². The monoisotopic (exact) mass is 386 g/mol. The summed E-state index contributed by atoms with van der Waals surface area (Å²) < 4.78 is 11.7. The average Bonchev–Trinajstić information content (AvgIpc) is 2.81. The molecule has 30 heavy (non-hydrogen) atoms. The fraction of sp³-hybridized carbons (Fsp3) is 0.0714. The molecule has 142 valence electrons. The maximum absolute atomic E-state index is 5.93. The highest BCUT2D eigenvalue weighted by atomic mass is 16.5. The van der Waals surface area contributed by atoms with Crippen LogP contribution in [0.2, 0.25) is 0 Å². The zero-order chi connectivity index (χ0) is 20.0. The second kappa shape index (κ2) is 5.43. The summed E-state index contributed by atoms with van der Waals surface area (Å²) in [6.45, 7) is 0. The molecule has 0 saturated carbocycles. The molecule has 0 saturated heterocycles. The summed E-state index contributed by atoms with van der Waals surface area (Å²) in [7, 11) is 3.44. The van der Waals surface area contributed by atoms with Crippen LogP contribution in [-0.4, -0.2) is 14.2 Å². The first-order valence-electron chi connectivity index (χ1n) is 10.2. The first kappa shape index (κ1) is 16.1. The minimum Gasteiger partial charge on any atom is -0.493 e. The first-order chi connectivity index (χ1) is 14.8. The van der Waals surface area contributed by atoms with E-state index in [0.29, 0.717) is 0 Å². The van der Waals surface area contributed by atoms with Crippen LogP contribution in [-0.2, 0) is 0 Å². The summed E-state index contributed by atoms with van der Waals surface area (Å²) in [6, 6.07) is 26.4. The van der Waals surface area contributed by atoms with Crippen molar-refractivity contribution in [3.05, 3.63) is 72.8 Å². The van der Waals surface area contributed by atoms with E-state index in [-0.39, 0.29) is 0 Å². The van der Waals surface area contributed by atoms with E-state index >= 15 is 0 Å². The second-order valence-electron chi connectivity index (χ2n) is 8.01. The van der Waals surface area contributed by atoms with Crippen LogP contribution in [0.1, 0.15) is 0 Å². The van der Waals surface area contributed by atoms with Crippen LogP contribution in [0.4, 0.5) is 0 Å². The molecule has 0 aliphatic carbocycles. The molecule has 0 spiro atoms. The number of fused-ring (bicyclic) bond motifs is 4. The minimum atomic E-state index is 0.771. The number of methoxy groups -OCH3 is 2. The molecule has 7 rings (SSSR count).